The molecular weight excluding hydrogens is 551 g/mol. The number of aromatic nitrogens is 6. The molecule has 218 valence electrons. The molecule has 0 aliphatic heterocycles. The van der Waals surface area contributed by atoms with Crippen LogP contribution in [0.1, 0.15) is 45.5 Å². The van der Waals surface area contributed by atoms with Crippen molar-refractivity contribution in [3.63, 3.8) is 0 Å². The molecule has 43 heavy (non-hydrogen) atoms. The highest BCUT2D eigenvalue weighted by molar-refractivity contribution is 6.02. The first kappa shape index (κ1) is 28.9. The molecule has 4 aromatic heterocycles. The van der Waals surface area contributed by atoms with Crippen LogP contribution in [-0.2, 0) is 0 Å². The molecule has 0 bridgehead atoms. The van der Waals surface area contributed by atoms with Crippen LogP contribution in [0.3, 0.4) is 0 Å². The van der Waals surface area contributed by atoms with E-state index in [9.17, 15) is 14.0 Å². The Bertz CT molecular complexity index is 1940. The Balaban J connectivity index is 1.48. The molecule has 0 fully saturated rings. The Kier molecular flexibility index (Phi) is 7.85. The predicted octanol–water partition coefficient (Wildman–Crippen LogP) is 5.58. The number of nitriles is 1. The highest BCUT2D eigenvalue weighted by atomic mass is 19.1. The maximum Gasteiger partial charge on any atom is 0.323 e. The lowest BCUT2D eigenvalue weighted by molar-refractivity contribution is 0.262. The summed E-state index contributed by atoms with van der Waals surface area (Å²) in [5.41, 5.74) is 2.39. The van der Waals surface area contributed by atoms with Gasteiger partial charge in [-0.1, -0.05) is 6.07 Å². The van der Waals surface area contributed by atoms with Crippen molar-refractivity contribution in [1.82, 2.24) is 29.3 Å². The molecule has 0 saturated carbocycles. The van der Waals surface area contributed by atoms with Crippen LogP contribution in [0, 0.1) is 17.1 Å². The fraction of sp³-hybridized carbons (Fsp3) is 0.233. The third-order valence-electron chi connectivity index (χ3n) is 6.70. The number of rotatable bonds is 7. The highest BCUT2D eigenvalue weighted by Crippen LogP contribution is 2.29. The van der Waals surface area contributed by atoms with Crippen LogP contribution in [0.15, 0.2) is 59.8 Å². The number of carbonyl (C=O) groups is 1. The highest BCUT2D eigenvalue weighted by Gasteiger charge is 2.19. The van der Waals surface area contributed by atoms with E-state index >= 15 is 0 Å². The van der Waals surface area contributed by atoms with Gasteiger partial charge in [0.15, 0.2) is 0 Å². The van der Waals surface area contributed by atoms with Gasteiger partial charge in [0.1, 0.15) is 28.9 Å². The van der Waals surface area contributed by atoms with Gasteiger partial charge in [0.2, 0.25) is 5.95 Å². The molecule has 13 heteroatoms. The predicted molar refractivity (Wildman–Crippen MR) is 162 cm³/mol. The van der Waals surface area contributed by atoms with Crippen molar-refractivity contribution in [2.45, 2.75) is 39.8 Å². The van der Waals surface area contributed by atoms with E-state index in [1.165, 1.54) is 24.4 Å². The Labute approximate surface area is 246 Å². The van der Waals surface area contributed by atoms with Crippen molar-refractivity contribution in [3.05, 3.63) is 76.9 Å². The lowest BCUT2D eigenvalue weighted by atomic mass is 10.0. The molecule has 3 N–H and O–H groups in total. The summed E-state index contributed by atoms with van der Waals surface area (Å²) in [6.07, 6.45) is 4.77. The molecule has 5 rings (SSSR count). The molecule has 4 heterocycles. The van der Waals surface area contributed by atoms with Crippen LogP contribution in [-0.4, -0.2) is 42.4 Å². The van der Waals surface area contributed by atoms with Crippen LogP contribution >= 0.6 is 0 Å². The van der Waals surface area contributed by atoms with Crippen molar-refractivity contribution in [2.24, 2.45) is 0 Å². The zero-order valence-corrected chi connectivity index (χ0v) is 24.2. The number of anilines is 3. The van der Waals surface area contributed by atoms with Crippen LogP contribution in [0.5, 0.6) is 0 Å². The number of urea groups is 1. The van der Waals surface area contributed by atoms with Gasteiger partial charge >= 0.3 is 6.03 Å². The maximum atomic E-state index is 15.0. The van der Waals surface area contributed by atoms with Crippen LogP contribution < -0.4 is 21.5 Å². The summed E-state index contributed by atoms with van der Waals surface area (Å²) in [5, 5.41) is 22.4. The summed E-state index contributed by atoms with van der Waals surface area (Å²) in [4.78, 5) is 39.5. The summed E-state index contributed by atoms with van der Waals surface area (Å²) in [5.74, 6) is -0.300. The molecule has 1 aromatic carbocycles. The van der Waals surface area contributed by atoms with Crippen LogP contribution in [0.25, 0.3) is 33.4 Å². The first-order chi connectivity index (χ1) is 20.6. The number of halogens is 1. The zero-order valence-electron chi connectivity index (χ0n) is 24.2. The van der Waals surface area contributed by atoms with E-state index < -0.39 is 11.8 Å². The zero-order chi connectivity index (χ0) is 30.8. The number of carbonyl (C=O) groups excluding carboxylic acids is 1. The van der Waals surface area contributed by atoms with Crippen molar-refractivity contribution in [2.75, 3.05) is 23.0 Å². The molecular formula is C30H29FN10O2. The van der Waals surface area contributed by atoms with Gasteiger partial charge < -0.3 is 16.0 Å². The van der Waals surface area contributed by atoms with Crippen molar-refractivity contribution in [1.29, 1.82) is 5.26 Å². The minimum Gasteiger partial charge on any atom is -0.357 e. The number of fused-ring (bicyclic) bond motifs is 1. The van der Waals surface area contributed by atoms with Gasteiger partial charge in [-0.3, -0.25) is 14.0 Å². The summed E-state index contributed by atoms with van der Waals surface area (Å²) >= 11 is 0. The first-order valence-electron chi connectivity index (χ1n) is 13.5. The van der Waals surface area contributed by atoms with E-state index in [0.717, 1.165) is 0 Å². The lowest BCUT2D eigenvalue weighted by Gasteiger charge is -2.16. The normalized spacial score (nSPS) is 11.1. The number of nitrogens with one attached hydrogen (secondary N) is 3. The second-order valence-electron chi connectivity index (χ2n) is 10.3. The molecule has 0 unspecified atom stereocenters. The number of benzene rings is 1. The van der Waals surface area contributed by atoms with Gasteiger partial charge in [-0.2, -0.15) is 15.3 Å². The van der Waals surface area contributed by atoms with E-state index in [1.807, 2.05) is 33.8 Å². The van der Waals surface area contributed by atoms with Gasteiger partial charge in [-0.05, 0) is 63.6 Å². The molecule has 0 aliphatic rings. The standard InChI is InChI=1S/C30H29FN10O2/c1-16(2)40-15-25(26(39-40)19-6-8-21(12-32)34-13-19)37-30(43)36-24-11-18(7-9-23(24)31)22-10-20-14-35-29(33-5)38-27(20)41(17(3)4)28(22)42/h6-11,13-17H,1-5H3,(H,33,35,38)(H2,36,37,43). The van der Waals surface area contributed by atoms with E-state index in [-0.39, 0.29) is 29.0 Å². The topological polar surface area (TPSA) is 155 Å². The summed E-state index contributed by atoms with van der Waals surface area (Å²) in [6, 6.07) is 10.0. The van der Waals surface area contributed by atoms with Gasteiger partial charge in [0.05, 0.1) is 11.4 Å². The molecule has 0 radical (unpaired) electrons. The molecule has 2 amide bonds. The van der Waals surface area contributed by atoms with Gasteiger partial charge in [0.25, 0.3) is 5.56 Å². The SMILES string of the molecule is CNc1ncc2cc(-c3ccc(F)c(NC(=O)Nc4cn(C(C)C)nc4-c4ccc(C#N)nc4)c3)c(=O)n(C(C)C)c2n1. The molecule has 5 aromatic rings. The minimum atomic E-state index is -0.715. The minimum absolute atomic E-state index is 0.00936. The van der Waals surface area contributed by atoms with Crippen LogP contribution in [0.4, 0.5) is 26.5 Å². The van der Waals surface area contributed by atoms with Gasteiger partial charge in [-0.25, -0.2) is 19.2 Å². The van der Waals surface area contributed by atoms with E-state index in [4.69, 9.17) is 5.26 Å². The lowest BCUT2D eigenvalue weighted by Crippen LogP contribution is -2.25. The van der Waals surface area contributed by atoms with E-state index in [0.29, 0.717) is 45.1 Å². The number of pyridine rings is 2. The smallest absolute Gasteiger partial charge is 0.323 e. The summed E-state index contributed by atoms with van der Waals surface area (Å²) < 4.78 is 18.2. The number of hydrogen-bond donors (Lipinski definition) is 3. The molecule has 12 nitrogen and oxygen atoms in total. The Morgan fingerprint density at radius 3 is 2.37 bits per heavy atom. The second kappa shape index (κ2) is 11.7. The van der Waals surface area contributed by atoms with Crippen molar-refractivity contribution < 1.29 is 9.18 Å². The third-order valence-corrected chi connectivity index (χ3v) is 6.70. The Morgan fingerprint density at radius 1 is 0.977 bits per heavy atom. The summed E-state index contributed by atoms with van der Waals surface area (Å²) in [7, 11) is 1.69. The van der Waals surface area contributed by atoms with Gasteiger partial charge in [0, 0.05) is 54.2 Å². The number of hydrogen-bond acceptors (Lipinski definition) is 8. The van der Waals surface area contributed by atoms with E-state index in [2.05, 4.69) is 36.0 Å². The molecule has 0 aliphatic carbocycles. The Hall–Kier alpha value is -5.64. The molecule has 0 atom stereocenters. The van der Waals surface area contributed by atoms with Crippen LogP contribution in [0.2, 0.25) is 0 Å². The number of nitrogens with zero attached hydrogens (tertiary/aromatic N) is 7. The average Bonchev–Trinajstić information content (AvgIpc) is 3.41. The monoisotopic (exact) mass is 580 g/mol. The van der Waals surface area contributed by atoms with Crippen molar-refractivity contribution in [3.8, 4) is 28.5 Å². The van der Waals surface area contributed by atoms with Crippen molar-refractivity contribution >= 4 is 34.4 Å². The Morgan fingerprint density at radius 2 is 1.72 bits per heavy atom. The van der Waals surface area contributed by atoms with Gasteiger partial charge in [-0.15, -0.1) is 0 Å². The first-order valence-corrected chi connectivity index (χ1v) is 13.5. The molecule has 0 saturated heterocycles. The third kappa shape index (κ3) is 5.76. The average molecular weight is 581 g/mol. The fourth-order valence-corrected chi connectivity index (χ4v) is 4.55. The largest absolute Gasteiger partial charge is 0.357 e. The number of amides is 2. The quantitative estimate of drug-likeness (QED) is 0.225. The molecule has 0 spiro atoms. The van der Waals surface area contributed by atoms with E-state index in [1.54, 1.807) is 46.9 Å². The second-order valence-corrected chi connectivity index (χ2v) is 10.3. The maximum absolute atomic E-state index is 15.0. The summed E-state index contributed by atoms with van der Waals surface area (Å²) in [6.45, 7) is 7.61. The fourth-order valence-electron chi connectivity index (χ4n) is 4.55.